The number of rotatable bonds is 8. The van der Waals surface area contributed by atoms with E-state index in [0.717, 1.165) is 24.3 Å². The summed E-state index contributed by atoms with van der Waals surface area (Å²) in [7, 11) is -4.80. The molecule has 0 N–H and O–H groups in total. The number of hydrogen-bond acceptors (Lipinski definition) is 0. The third-order valence-corrected chi connectivity index (χ3v) is 14.8. The number of halogens is 12. The molecule has 4 aromatic rings. The van der Waals surface area contributed by atoms with Gasteiger partial charge in [-0.15, -0.1) is 0 Å². The van der Waals surface area contributed by atoms with Gasteiger partial charge in [0.25, 0.3) is 0 Å². The molecule has 0 heterocycles. The van der Waals surface area contributed by atoms with Crippen molar-refractivity contribution in [1.29, 1.82) is 0 Å². The molecule has 0 spiro atoms. The van der Waals surface area contributed by atoms with Gasteiger partial charge in [-0.3, -0.25) is 0 Å². The summed E-state index contributed by atoms with van der Waals surface area (Å²) in [5.41, 5.74) is -0.921. The van der Waals surface area contributed by atoms with Crippen LogP contribution in [0.2, 0.25) is 0 Å². The van der Waals surface area contributed by atoms with Crippen LogP contribution in [0.1, 0.15) is 25.7 Å². The molecule has 2 saturated carbocycles. The lowest BCUT2D eigenvalue weighted by atomic mass is 9.77. The fourth-order valence-corrected chi connectivity index (χ4v) is 12.9. The van der Waals surface area contributed by atoms with E-state index in [2.05, 4.69) is 0 Å². The smallest absolute Gasteiger partial charge is 0.195 e. The zero-order valence-electron chi connectivity index (χ0n) is 23.9. The van der Waals surface area contributed by atoms with Crippen LogP contribution >= 0.6 is 15.8 Å². The monoisotopic (exact) mass is 708 g/mol. The standard InChI is InChI=1S/C33H22F12P2/c34-17-1-5-21(29(42)25(17)38)46(22-6-2-18(35)26(39)30(22)43)13-16-11-15-9-10-33(16,12-15)14-47(23-7-3-19(36)27(40)31(23)44)24-8-4-20(37)28(41)32(24)45/h1-8,15-16H,9-14H2. The first kappa shape index (κ1) is 33.8. The molecule has 14 heteroatoms. The van der Waals surface area contributed by atoms with Gasteiger partial charge in [0.05, 0.1) is 0 Å². The van der Waals surface area contributed by atoms with Gasteiger partial charge < -0.3 is 0 Å². The van der Waals surface area contributed by atoms with Crippen molar-refractivity contribution in [2.75, 3.05) is 12.3 Å². The molecule has 0 amide bonds. The Morgan fingerprint density at radius 1 is 0.489 bits per heavy atom. The molecule has 2 aliphatic rings. The predicted octanol–water partition coefficient (Wildman–Crippen LogP) is 8.73. The Morgan fingerprint density at radius 2 is 0.851 bits per heavy atom. The highest BCUT2D eigenvalue weighted by Crippen LogP contribution is 2.64. The molecule has 2 bridgehead atoms. The summed E-state index contributed by atoms with van der Waals surface area (Å²) in [6, 6.07) is 6.06. The maximum atomic E-state index is 15.3. The van der Waals surface area contributed by atoms with Crippen LogP contribution in [-0.2, 0) is 0 Å². The van der Waals surface area contributed by atoms with Crippen molar-refractivity contribution < 1.29 is 52.7 Å². The first-order valence-electron chi connectivity index (χ1n) is 14.3. The van der Waals surface area contributed by atoms with Crippen LogP contribution in [0.3, 0.4) is 0 Å². The molecule has 3 atom stereocenters. The van der Waals surface area contributed by atoms with Crippen molar-refractivity contribution >= 4 is 37.1 Å². The summed E-state index contributed by atoms with van der Waals surface area (Å²) in [4.78, 5) is 0. The van der Waals surface area contributed by atoms with E-state index >= 15 is 17.6 Å². The summed E-state index contributed by atoms with van der Waals surface area (Å²) < 4.78 is 175. The van der Waals surface area contributed by atoms with Gasteiger partial charge in [0.2, 0.25) is 0 Å². The highest BCUT2D eigenvalue weighted by atomic mass is 31.1. The summed E-state index contributed by atoms with van der Waals surface area (Å²) in [5.74, 6) is -20.7. The molecule has 0 nitrogen and oxygen atoms in total. The number of benzene rings is 4. The van der Waals surface area contributed by atoms with Crippen molar-refractivity contribution in [3.05, 3.63) is 118 Å². The van der Waals surface area contributed by atoms with Crippen molar-refractivity contribution in [3.8, 4) is 0 Å². The van der Waals surface area contributed by atoms with E-state index < -0.39 is 118 Å². The highest BCUT2D eigenvalue weighted by Gasteiger charge is 2.54. The third kappa shape index (κ3) is 5.83. The quantitative estimate of drug-likeness (QED) is 0.0977. The van der Waals surface area contributed by atoms with Gasteiger partial charge in [-0.05, 0) is 120 Å². The SMILES string of the molecule is Fc1ccc(P(CC2CC3CCC2(CP(c2ccc(F)c(F)c2F)c2ccc(F)c(F)c2F)C3)c2ccc(F)c(F)c2F)c(F)c1F. The minimum absolute atomic E-state index is 0.0112. The lowest BCUT2D eigenvalue weighted by molar-refractivity contribution is 0.238. The van der Waals surface area contributed by atoms with E-state index in [4.69, 9.17) is 0 Å². The van der Waals surface area contributed by atoms with Crippen molar-refractivity contribution in [1.82, 2.24) is 0 Å². The maximum Gasteiger partial charge on any atom is 0.195 e. The summed E-state index contributed by atoms with van der Waals surface area (Å²) in [5, 5.41) is -1.93. The van der Waals surface area contributed by atoms with E-state index in [1.165, 1.54) is 0 Å². The molecule has 6 rings (SSSR count). The second-order valence-corrected chi connectivity index (χ2v) is 16.2. The molecule has 4 aromatic carbocycles. The zero-order valence-corrected chi connectivity index (χ0v) is 25.7. The van der Waals surface area contributed by atoms with Crippen molar-refractivity contribution in [2.45, 2.75) is 25.7 Å². The third-order valence-electron chi connectivity index (χ3n) is 9.33. The van der Waals surface area contributed by atoms with Crippen LogP contribution in [-0.4, -0.2) is 12.3 Å². The molecule has 0 saturated heterocycles. The van der Waals surface area contributed by atoms with Gasteiger partial charge in [0.1, 0.15) is 0 Å². The van der Waals surface area contributed by atoms with Crippen molar-refractivity contribution in [2.24, 2.45) is 17.3 Å². The normalized spacial score (nSPS) is 20.6. The van der Waals surface area contributed by atoms with Crippen LogP contribution in [0.15, 0.2) is 48.5 Å². The Kier molecular flexibility index (Phi) is 9.16. The van der Waals surface area contributed by atoms with Gasteiger partial charge >= 0.3 is 0 Å². The minimum Gasteiger partial charge on any atom is -0.204 e. The van der Waals surface area contributed by atoms with Crippen LogP contribution in [0.5, 0.6) is 0 Å². The van der Waals surface area contributed by atoms with E-state index in [1.807, 2.05) is 0 Å². The first-order chi connectivity index (χ1) is 22.2. The Labute approximate surface area is 263 Å². The summed E-state index contributed by atoms with van der Waals surface area (Å²) in [6.07, 6.45) is 1.42. The average molecular weight is 708 g/mol. The van der Waals surface area contributed by atoms with E-state index in [0.29, 0.717) is 49.9 Å². The summed E-state index contributed by atoms with van der Waals surface area (Å²) >= 11 is 0. The summed E-state index contributed by atoms with van der Waals surface area (Å²) in [6.45, 7) is 0. The van der Waals surface area contributed by atoms with Gasteiger partial charge in [0, 0.05) is 21.2 Å². The fraction of sp³-hybridized carbons (Fsp3) is 0.273. The molecule has 248 valence electrons. The molecule has 47 heavy (non-hydrogen) atoms. The molecular formula is C33H22F12P2. The van der Waals surface area contributed by atoms with Gasteiger partial charge in [-0.25, -0.2) is 52.7 Å². The molecule has 0 aliphatic heterocycles. The molecule has 0 radical (unpaired) electrons. The zero-order chi connectivity index (χ0) is 33.9. The second kappa shape index (κ2) is 12.7. The van der Waals surface area contributed by atoms with Crippen LogP contribution in [0.4, 0.5) is 52.7 Å². The highest BCUT2D eigenvalue weighted by molar-refractivity contribution is 7.73. The van der Waals surface area contributed by atoms with Gasteiger partial charge in [-0.2, -0.15) is 0 Å². The number of hydrogen-bond donors (Lipinski definition) is 0. The molecule has 0 aromatic heterocycles. The Balaban J connectivity index is 1.47. The molecule has 3 unspecified atom stereocenters. The van der Waals surface area contributed by atoms with E-state index in [1.54, 1.807) is 0 Å². The fourth-order valence-electron chi connectivity index (χ4n) is 7.09. The van der Waals surface area contributed by atoms with Gasteiger partial charge in [0.15, 0.2) is 69.8 Å². The molecule has 2 fully saturated rings. The molecular weight excluding hydrogens is 686 g/mol. The van der Waals surface area contributed by atoms with Gasteiger partial charge in [-0.1, -0.05) is 0 Å². The first-order valence-corrected chi connectivity index (χ1v) is 17.4. The minimum atomic E-state index is -2.40. The van der Waals surface area contributed by atoms with Crippen LogP contribution < -0.4 is 21.2 Å². The van der Waals surface area contributed by atoms with Crippen LogP contribution in [0.25, 0.3) is 0 Å². The Morgan fingerprint density at radius 3 is 1.21 bits per heavy atom. The largest absolute Gasteiger partial charge is 0.204 e. The number of fused-ring (bicyclic) bond motifs is 2. The van der Waals surface area contributed by atoms with E-state index in [9.17, 15) is 35.1 Å². The lowest BCUT2D eigenvalue weighted by Gasteiger charge is -2.40. The average Bonchev–Trinajstić information content (AvgIpc) is 3.61. The molecule has 2 aliphatic carbocycles. The second-order valence-electron chi connectivity index (χ2n) is 11.9. The topological polar surface area (TPSA) is 0 Å². The van der Waals surface area contributed by atoms with Crippen molar-refractivity contribution in [3.63, 3.8) is 0 Å². The Bertz CT molecular complexity index is 1770. The van der Waals surface area contributed by atoms with Crippen LogP contribution in [0, 0.1) is 87.1 Å². The van der Waals surface area contributed by atoms with E-state index in [-0.39, 0.29) is 18.2 Å². The Hall–Kier alpha value is -3.10. The maximum absolute atomic E-state index is 15.3. The predicted molar refractivity (Wildman–Crippen MR) is 155 cm³/mol. The lowest BCUT2D eigenvalue weighted by Crippen LogP contribution is -2.36.